The van der Waals surface area contributed by atoms with E-state index in [0.29, 0.717) is 18.6 Å². The number of fused-ring (bicyclic) bond motifs is 2. The summed E-state index contributed by atoms with van der Waals surface area (Å²) in [5, 5.41) is 3.55. The molecule has 0 unspecified atom stereocenters. The van der Waals surface area contributed by atoms with Crippen LogP contribution in [0.1, 0.15) is 22.6 Å². The lowest BCUT2D eigenvalue weighted by molar-refractivity contribution is -0.134. The lowest BCUT2D eigenvalue weighted by Gasteiger charge is -2.52. The number of anilines is 3. The Labute approximate surface area is 208 Å². The quantitative estimate of drug-likeness (QED) is 0.632. The van der Waals surface area contributed by atoms with Gasteiger partial charge in [0, 0.05) is 62.7 Å². The van der Waals surface area contributed by atoms with E-state index < -0.39 is 0 Å². The Bertz CT molecular complexity index is 1200. The van der Waals surface area contributed by atoms with Crippen molar-refractivity contribution in [1.29, 1.82) is 4.78 Å². The third-order valence-electron chi connectivity index (χ3n) is 7.59. The Morgan fingerprint density at radius 3 is 2.74 bits per heavy atom. The van der Waals surface area contributed by atoms with Gasteiger partial charge in [-0.15, -0.1) is 10.7 Å². The molecule has 5 heterocycles. The molecule has 3 fully saturated rings. The molecule has 2 N–H and O–H groups in total. The van der Waals surface area contributed by atoms with Crippen LogP contribution in [0, 0.1) is 11.7 Å². The standard InChI is InChI=1S/C25H31N7O2S/c1-3-22(33)32-12-19(13-32)31-10-18(11-31)17-8-16(2)23-21(9-17)29-24-20(14-34-23)25(28-15-27-24)30-4-6-35(26)7-5-30/h3,8-9,15,18-19,26H,1,4-7,10-14H2,2H3,(H,27,28,29). The first-order valence-electron chi connectivity index (χ1n) is 12.2. The average molecular weight is 494 g/mol. The normalized spacial score (nSPS) is 21.1. The van der Waals surface area contributed by atoms with Gasteiger partial charge in [0.2, 0.25) is 5.91 Å². The lowest BCUT2D eigenvalue weighted by atomic mass is 9.87. The van der Waals surface area contributed by atoms with Gasteiger partial charge in [-0.05, 0) is 30.2 Å². The SMILES string of the molecule is C=CC(=O)N1CC(N2CC(c3cc(C)c4c(c3)Nc3ncnc(N5CCS(=N)CC5)c3CO4)C2)C1. The first-order chi connectivity index (χ1) is 17.0. The van der Waals surface area contributed by atoms with Crippen LogP contribution in [-0.2, 0) is 22.1 Å². The van der Waals surface area contributed by atoms with Gasteiger partial charge in [0.15, 0.2) is 0 Å². The molecule has 184 valence electrons. The van der Waals surface area contributed by atoms with E-state index in [4.69, 9.17) is 9.52 Å². The van der Waals surface area contributed by atoms with E-state index in [9.17, 15) is 4.79 Å². The highest BCUT2D eigenvalue weighted by Gasteiger charge is 2.40. The highest BCUT2D eigenvalue weighted by molar-refractivity contribution is 7.86. The number of hydrogen-bond acceptors (Lipinski definition) is 8. The number of hydrogen-bond donors (Lipinski definition) is 2. The molecule has 0 aliphatic carbocycles. The number of nitrogens with one attached hydrogen (secondary N) is 2. The maximum Gasteiger partial charge on any atom is 0.246 e. The molecular formula is C25H31N7O2S. The van der Waals surface area contributed by atoms with Gasteiger partial charge in [0.05, 0.1) is 11.3 Å². The van der Waals surface area contributed by atoms with Crippen molar-refractivity contribution in [3.63, 3.8) is 0 Å². The van der Waals surface area contributed by atoms with Crippen molar-refractivity contribution in [3.05, 3.63) is 47.8 Å². The Morgan fingerprint density at radius 1 is 1.23 bits per heavy atom. The summed E-state index contributed by atoms with van der Waals surface area (Å²) in [4.78, 5) is 27.5. The van der Waals surface area contributed by atoms with E-state index in [1.807, 2.05) is 4.90 Å². The summed E-state index contributed by atoms with van der Waals surface area (Å²) in [5.74, 6) is 4.87. The number of aryl methyl sites for hydroxylation is 1. The van der Waals surface area contributed by atoms with Crippen LogP contribution < -0.4 is 15.0 Å². The first kappa shape index (κ1) is 22.5. The summed E-state index contributed by atoms with van der Waals surface area (Å²) >= 11 is 0. The minimum absolute atomic E-state index is 0.0271. The van der Waals surface area contributed by atoms with Crippen LogP contribution in [-0.4, -0.2) is 82.5 Å². The molecule has 1 amide bonds. The zero-order valence-electron chi connectivity index (χ0n) is 20.0. The van der Waals surface area contributed by atoms with Crippen LogP contribution in [0.15, 0.2) is 31.1 Å². The molecule has 2 aromatic rings. The zero-order chi connectivity index (χ0) is 24.1. The Hall–Kier alpha value is -2.98. The number of carbonyl (C=O) groups is 1. The van der Waals surface area contributed by atoms with Crippen molar-refractivity contribution in [2.75, 3.05) is 61.0 Å². The first-order valence-corrected chi connectivity index (χ1v) is 13.7. The second-order valence-electron chi connectivity index (χ2n) is 9.79. The van der Waals surface area contributed by atoms with Crippen molar-refractivity contribution in [2.45, 2.75) is 25.5 Å². The molecule has 0 radical (unpaired) electrons. The molecule has 6 rings (SSSR count). The average Bonchev–Trinajstić information content (AvgIpc) is 2.99. The van der Waals surface area contributed by atoms with E-state index >= 15 is 0 Å². The zero-order valence-corrected chi connectivity index (χ0v) is 20.8. The molecular weight excluding hydrogens is 462 g/mol. The molecule has 35 heavy (non-hydrogen) atoms. The molecule has 9 nitrogen and oxygen atoms in total. The van der Waals surface area contributed by atoms with Crippen molar-refractivity contribution in [2.24, 2.45) is 0 Å². The number of rotatable bonds is 4. The predicted octanol–water partition coefficient (Wildman–Crippen LogP) is 2.42. The molecule has 0 bridgehead atoms. The fourth-order valence-electron chi connectivity index (χ4n) is 5.39. The maximum absolute atomic E-state index is 11.7. The molecule has 1 aromatic carbocycles. The van der Waals surface area contributed by atoms with Crippen LogP contribution >= 0.6 is 0 Å². The van der Waals surface area contributed by atoms with E-state index in [1.165, 1.54) is 11.6 Å². The smallest absolute Gasteiger partial charge is 0.246 e. The fraction of sp³-hybridized carbons (Fsp3) is 0.480. The molecule has 4 aliphatic heterocycles. The third-order valence-corrected chi connectivity index (χ3v) is 8.95. The second-order valence-corrected chi connectivity index (χ2v) is 11.6. The van der Waals surface area contributed by atoms with Crippen LogP contribution in [0.3, 0.4) is 0 Å². The van der Waals surface area contributed by atoms with Gasteiger partial charge < -0.3 is 19.9 Å². The molecule has 0 saturated carbocycles. The summed E-state index contributed by atoms with van der Waals surface area (Å²) < 4.78 is 14.3. The number of nitrogens with zero attached hydrogens (tertiary/aromatic N) is 5. The second kappa shape index (κ2) is 8.91. The monoisotopic (exact) mass is 493 g/mol. The number of ether oxygens (including phenoxy) is 1. The lowest BCUT2D eigenvalue weighted by Crippen LogP contribution is -2.65. The largest absolute Gasteiger partial charge is 0.486 e. The molecule has 0 atom stereocenters. The molecule has 4 aliphatic rings. The van der Waals surface area contributed by atoms with Crippen LogP contribution in [0.4, 0.5) is 17.3 Å². The summed E-state index contributed by atoms with van der Waals surface area (Å²) in [6, 6.07) is 4.92. The van der Waals surface area contributed by atoms with Crippen molar-refractivity contribution in [1.82, 2.24) is 19.8 Å². The van der Waals surface area contributed by atoms with Crippen molar-refractivity contribution in [3.8, 4) is 5.75 Å². The number of carbonyl (C=O) groups excluding carboxylic acids is 1. The Morgan fingerprint density at radius 2 is 2.00 bits per heavy atom. The summed E-state index contributed by atoms with van der Waals surface area (Å²) in [5.41, 5.74) is 4.37. The summed E-state index contributed by atoms with van der Waals surface area (Å²) in [6.07, 6.45) is 3.02. The van der Waals surface area contributed by atoms with E-state index in [-0.39, 0.29) is 16.6 Å². The van der Waals surface area contributed by atoms with E-state index in [2.05, 4.69) is 50.7 Å². The van der Waals surface area contributed by atoms with E-state index in [1.54, 1.807) is 6.33 Å². The molecule has 0 spiro atoms. The van der Waals surface area contributed by atoms with Gasteiger partial charge in [-0.25, -0.2) is 9.97 Å². The van der Waals surface area contributed by atoms with Gasteiger partial charge in [-0.3, -0.25) is 14.5 Å². The highest BCUT2D eigenvalue weighted by Crippen LogP contribution is 2.41. The third kappa shape index (κ3) is 4.08. The topological polar surface area (TPSA) is 97.7 Å². The van der Waals surface area contributed by atoms with Gasteiger partial charge in [-0.1, -0.05) is 12.6 Å². The van der Waals surface area contributed by atoms with Crippen molar-refractivity contribution < 1.29 is 9.53 Å². The van der Waals surface area contributed by atoms with Crippen LogP contribution in [0.2, 0.25) is 0 Å². The van der Waals surface area contributed by atoms with Gasteiger partial charge in [0.25, 0.3) is 0 Å². The molecule has 10 heteroatoms. The minimum Gasteiger partial charge on any atom is -0.486 e. The van der Waals surface area contributed by atoms with Gasteiger partial charge in [-0.2, -0.15) is 0 Å². The number of likely N-dealkylation sites (tertiary alicyclic amines) is 2. The number of amides is 1. The number of aromatic nitrogens is 2. The maximum atomic E-state index is 11.7. The van der Waals surface area contributed by atoms with Gasteiger partial charge >= 0.3 is 0 Å². The molecule has 3 saturated heterocycles. The predicted molar refractivity (Wildman–Crippen MR) is 138 cm³/mol. The summed E-state index contributed by atoms with van der Waals surface area (Å²) in [7, 11) is -0.242. The van der Waals surface area contributed by atoms with Crippen molar-refractivity contribution >= 4 is 33.9 Å². The summed E-state index contributed by atoms with van der Waals surface area (Å²) in [6.45, 7) is 11.4. The number of benzene rings is 1. The Balaban J connectivity index is 1.17. The highest BCUT2D eigenvalue weighted by atomic mass is 32.2. The molecule has 1 aromatic heterocycles. The van der Waals surface area contributed by atoms with E-state index in [0.717, 1.165) is 85.0 Å². The fourth-order valence-corrected chi connectivity index (χ4v) is 6.48. The van der Waals surface area contributed by atoms with Gasteiger partial charge in [0.1, 0.15) is 30.3 Å². The Kier molecular flexibility index (Phi) is 5.72. The van der Waals surface area contributed by atoms with Crippen LogP contribution in [0.25, 0.3) is 0 Å². The minimum atomic E-state index is -0.242. The van der Waals surface area contributed by atoms with Crippen LogP contribution in [0.5, 0.6) is 5.75 Å².